The second kappa shape index (κ2) is 6.94. The van der Waals surface area contributed by atoms with Crippen LogP contribution in [0.2, 0.25) is 0 Å². The second-order valence-electron chi connectivity index (χ2n) is 6.32. The summed E-state index contributed by atoms with van der Waals surface area (Å²) in [5, 5.41) is 2.19. The largest absolute Gasteiger partial charge is 0.320 e. The third-order valence-electron chi connectivity index (χ3n) is 4.48. The molecule has 0 aliphatic carbocycles. The fraction of sp³-hybridized carbons (Fsp3) is 0.500. The third-order valence-corrected chi connectivity index (χ3v) is 4.48. The van der Waals surface area contributed by atoms with Crippen molar-refractivity contribution in [2.75, 3.05) is 0 Å². The molecule has 1 aliphatic heterocycles. The number of hydrogen-bond acceptors (Lipinski definition) is 3. The number of carbonyl (C=O) groups is 3. The summed E-state index contributed by atoms with van der Waals surface area (Å²) in [5.74, 6) is -0.178. The molecule has 0 radical (unpaired) electrons. The van der Waals surface area contributed by atoms with E-state index >= 15 is 0 Å². The Morgan fingerprint density at radius 2 is 2.09 bits per heavy atom. The zero-order valence-corrected chi connectivity index (χ0v) is 14.1. The van der Waals surface area contributed by atoms with Gasteiger partial charge in [-0.15, -0.1) is 0 Å². The zero-order valence-electron chi connectivity index (χ0n) is 14.1. The number of benzene rings is 1. The van der Waals surface area contributed by atoms with Gasteiger partial charge in [-0.1, -0.05) is 39.3 Å². The number of carbonyl (C=O) groups excluding carboxylic acids is 3. The van der Waals surface area contributed by atoms with Gasteiger partial charge in [0.2, 0.25) is 12.3 Å². The molecule has 1 aliphatic rings. The summed E-state index contributed by atoms with van der Waals surface area (Å²) in [4.78, 5) is 37.2. The lowest BCUT2D eigenvalue weighted by Crippen LogP contribution is -2.47. The highest BCUT2D eigenvalue weighted by atomic mass is 16.2. The molecule has 0 fully saturated rings. The van der Waals surface area contributed by atoms with Crippen molar-refractivity contribution >= 4 is 18.2 Å². The summed E-state index contributed by atoms with van der Waals surface area (Å²) in [6.07, 6.45) is 1.65. The molecule has 2 rings (SSSR count). The molecule has 2 unspecified atom stereocenters. The van der Waals surface area contributed by atoms with E-state index in [1.807, 2.05) is 26.0 Å². The van der Waals surface area contributed by atoms with Gasteiger partial charge in [-0.05, 0) is 36.5 Å². The molecule has 1 aromatic rings. The van der Waals surface area contributed by atoms with Crippen LogP contribution in [0.25, 0.3) is 0 Å². The molecule has 1 aromatic carbocycles. The number of amides is 3. The van der Waals surface area contributed by atoms with Gasteiger partial charge in [0, 0.05) is 5.56 Å². The molecule has 0 bridgehead atoms. The number of hydrogen-bond donors (Lipinski definition) is 1. The van der Waals surface area contributed by atoms with Crippen LogP contribution in [0.3, 0.4) is 0 Å². The van der Waals surface area contributed by atoms with Gasteiger partial charge in [0.1, 0.15) is 6.04 Å². The molecule has 0 saturated heterocycles. The summed E-state index contributed by atoms with van der Waals surface area (Å²) in [6, 6.07) is 5.08. The van der Waals surface area contributed by atoms with Crippen molar-refractivity contribution in [3.05, 3.63) is 34.9 Å². The van der Waals surface area contributed by atoms with Crippen LogP contribution in [0, 0.1) is 0 Å². The van der Waals surface area contributed by atoms with Crippen molar-refractivity contribution in [3.8, 4) is 0 Å². The first-order valence-electron chi connectivity index (χ1n) is 8.12. The predicted octanol–water partition coefficient (Wildman–Crippen LogP) is 2.77. The molecule has 0 spiro atoms. The number of imide groups is 1. The van der Waals surface area contributed by atoms with Crippen molar-refractivity contribution < 1.29 is 14.4 Å². The molecular weight excluding hydrogens is 292 g/mol. The van der Waals surface area contributed by atoms with Gasteiger partial charge in [0.05, 0.1) is 6.04 Å². The van der Waals surface area contributed by atoms with Gasteiger partial charge >= 0.3 is 0 Å². The number of nitrogens with zero attached hydrogens (tertiary/aromatic N) is 1. The molecule has 124 valence electrons. The second-order valence-corrected chi connectivity index (χ2v) is 6.32. The number of nitrogens with one attached hydrogen (secondary N) is 1. The fourth-order valence-corrected chi connectivity index (χ4v) is 3.18. The molecule has 3 amide bonds. The number of fused-ring (bicyclic) bond motifs is 1. The van der Waals surface area contributed by atoms with Crippen molar-refractivity contribution in [1.82, 2.24) is 10.2 Å². The maximum absolute atomic E-state index is 12.8. The summed E-state index contributed by atoms with van der Waals surface area (Å²) in [6.45, 7) is 8.11. The Labute approximate surface area is 137 Å². The Hall–Kier alpha value is -2.17. The Bertz CT molecular complexity index is 625. The van der Waals surface area contributed by atoms with Crippen molar-refractivity contribution in [2.45, 2.75) is 58.5 Å². The van der Waals surface area contributed by atoms with Crippen LogP contribution >= 0.6 is 0 Å². The predicted molar refractivity (Wildman–Crippen MR) is 88.0 cm³/mol. The third kappa shape index (κ3) is 3.14. The summed E-state index contributed by atoms with van der Waals surface area (Å²) in [7, 11) is 0. The van der Waals surface area contributed by atoms with Gasteiger partial charge in [-0.2, -0.15) is 0 Å². The first-order chi connectivity index (χ1) is 10.9. The molecule has 2 atom stereocenters. The minimum absolute atomic E-state index is 0.137. The maximum Gasteiger partial charge on any atom is 0.255 e. The maximum atomic E-state index is 12.8. The van der Waals surface area contributed by atoms with Gasteiger partial charge < -0.3 is 4.90 Å². The number of rotatable bonds is 6. The smallest absolute Gasteiger partial charge is 0.255 e. The normalized spacial score (nSPS) is 18.0. The van der Waals surface area contributed by atoms with E-state index in [2.05, 4.69) is 25.2 Å². The first-order valence-corrected chi connectivity index (χ1v) is 8.12. The van der Waals surface area contributed by atoms with Gasteiger partial charge in [-0.3, -0.25) is 19.7 Å². The van der Waals surface area contributed by atoms with Crippen LogP contribution in [0.1, 0.15) is 74.0 Å². The van der Waals surface area contributed by atoms with Crippen LogP contribution < -0.4 is 5.32 Å². The average Bonchev–Trinajstić information content (AvgIpc) is 2.76. The Morgan fingerprint density at radius 3 is 2.65 bits per heavy atom. The molecular formula is C18H24N2O3. The van der Waals surface area contributed by atoms with Crippen LogP contribution in [0.5, 0.6) is 0 Å². The van der Waals surface area contributed by atoms with E-state index in [1.165, 1.54) is 5.56 Å². The quantitative estimate of drug-likeness (QED) is 0.821. The lowest BCUT2D eigenvalue weighted by molar-refractivity contribution is -0.129. The van der Waals surface area contributed by atoms with Crippen molar-refractivity contribution in [1.29, 1.82) is 0 Å². The molecule has 5 nitrogen and oxygen atoms in total. The standard InChI is InChI=1S/C18H24N2O3/c1-5-6-16(17(22)19-10-21)20-12(4)15-9-13(11(2)3)7-8-14(15)18(20)23/h7-12,16H,5-6H2,1-4H3,(H,19,21,22). The molecule has 5 heteroatoms. The monoisotopic (exact) mass is 316 g/mol. The average molecular weight is 316 g/mol. The van der Waals surface area contributed by atoms with Crippen LogP contribution in [-0.4, -0.2) is 29.2 Å². The lowest BCUT2D eigenvalue weighted by atomic mass is 9.96. The van der Waals surface area contributed by atoms with Crippen molar-refractivity contribution in [2.24, 2.45) is 0 Å². The zero-order chi connectivity index (χ0) is 17.1. The van der Waals surface area contributed by atoms with E-state index in [1.54, 1.807) is 4.90 Å². The molecule has 0 aromatic heterocycles. The Morgan fingerprint density at radius 1 is 1.39 bits per heavy atom. The lowest BCUT2D eigenvalue weighted by Gasteiger charge is -2.30. The van der Waals surface area contributed by atoms with Gasteiger partial charge in [-0.25, -0.2) is 0 Å². The highest BCUT2D eigenvalue weighted by molar-refractivity contribution is 6.02. The van der Waals surface area contributed by atoms with Crippen LogP contribution in [0.15, 0.2) is 18.2 Å². The van der Waals surface area contributed by atoms with E-state index in [4.69, 9.17) is 0 Å². The van der Waals surface area contributed by atoms with E-state index in [0.29, 0.717) is 24.3 Å². The molecule has 23 heavy (non-hydrogen) atoms. The molecule has 1 N–H and O–H groups in total. The summed E-state index contributed by atoms with van der Waals surface area (Å²) < 4.78 is 0. The van der Waals surface area contributed by atoms with Gasteiger partial charge in [0.15, 0.2) is 0 Å². The van der Waals surface area contributed by atoms with Crippen molar-refractivity contribution in [3.63, 3.8) is 0 Å². The van der Waals surface area contributed by atoms with Gasteiger partial charge in [0.25, 0.3) is 5.91 Å². The highest BCUT2D eigenvalue weighted by Gasteiger charge is 2.40. The highest BCUT2D eigenvalue weighted by Crippen LogP contribution is 2.37. The fourth-order valence-electron chi connectivity index (χ4n) is 3.18. The van der Waals surface area contributed by atoms with Crippen LogP contribution in [0.4, 0.5) is 0 Å². The van der Waals surface area contributed by atoms with E-state index < -0.39 is 11.9 Å². The summed E-state index contributed by atoms with van der Waals surface area (Å²) in [5.41, 5.74) is 2.79. The minimum atomic E-state index is -0.623. The Balaban J connectivity index is 2.39. The van der Waals surface area contributed by atoms with E-state index in [0.717, 1.165) is 12.0 Å². The SMILES string of the molecule is CCCC(C(=O)NC=O)N1C(=O)c2ccc(C(C)C)cc2C1C. The van der Waals surface area contributed by atoms with Crippen LogP contribution in [-0.2, 0) is 9.59 Å². The first kappa shape index (κ1) is 17.2. The molecule has 0 saturated carbocycles. The Kier molecular flexibility index (Phi) is 5.19. The minimum Gasteiger partial charge on any atom is -0.320 e. The summed E-state index contributed by atoms with van der Waals surface area (Å²) >= 11 is 0. The topological polar surface area (TPSA) is 66.5 Å². The van der Waals surface area contributed by atoms with E-state index in [9.17, 15) is 14.4 Å². The van der Waals surface area contributed by atoms with E-state index in [-0.39, 0.29) is 11.9 Å². The molecule has 1 heterocycles.